The Morgan fingerprint density at radius 1 is 0.455 bits per heavy atom. The van der Waals surface area contributed by atoms with Crippen LogP contribution >= 0.6 is 0 Å². The van der Waals surface area contributed by atoms with Crippen LogP contribution in [0, 0.1) is 14.9 Å². The van der Waals surface area contributed by atoms with Gasteiger partial charge in [-0.15, -0.1) is 0 Å². The van der Waals surface area contributed by atoms with Crippen molar-refractivity contribution in [3.63, 3.8) is 0 Å². The molecule has 2 nitrogen and oxygen atoms in total. The minimum Gasteiger partial charge on any atom is -0.358 e. The molecular weight excluding hydrogens is 400 g/mol. The van der Waals surface area contributed by atoms with Gasteiger partial charge in [0.25, 0.3) is 0 Å². The fourth-order valence-electron chi connectivity index (χ4n) is 3.10. The van der Waals surface area contributed by atoms with Gasteiger partial charge >= 0.3 is 0 Å². The molecule has 0 aliphatic rings. The smallest absolute Gasteiger partial charge is 0.173 e. The molecule has 2 aromatic carbocycles. The molecule has 0 saturated carbocycles. The number of nitrogens with zero attached hydrogens (tertiary/aromatic N) is 2. The summed E-state index contributed by atoms with van der Waals surface area (Å²) in [7, 11) is 0. The summed E-state index contributed by atoms with van der Waals surface area (Å²) in [6, 6.07) is 29.8. The quantitative estimate of drug-likeness (QED) is 0.221. The van der Waals surface area contributed by atoms with Crippen LogP contribution in [0.15, 0.2) is 110 Å². The molecule has 0 aliphatic heterocycles. The van der Waals surface area contributed by atoms with Crippen molar-refractivity contribution in [2.75, 3.05) is 0 Å². The minimum atomic E-state index is 0. The van der Waals surface area contributed by atoms with E-state index in [9.17, 15) is 0 Å². The average molecular weight is 445 g/mol. The maximum atomic E-state index is 2.21. The molecule has 0 radical (unpaired) electrons. The lowest BCUT2D eigenvalue weighted by Crippen LogP contribution is -2.33. The Bertz CT molecular complexity index is 862. The first-order valence-electron chi connectivity index (χ1n) is 10.9. The van der Waals surface area contributed by atoms with Crippen LogP contribution in [0.2, 0.25) is 0 Å². The van der Waals surface area contributed by atoms with E-state index in [1.165, 1.54) is 22.3 Å². The van der Waals surface area contributed by atoms with Gasteiger partial charge in [-0.2, -0.15) is 0 Å². The van der Waals surface area contributed by atoms with Gasteiger partial charge in [0.1, 0.15) is 0 Å². The third kappa shape index (κ3) is 10.3. The monoisotopic (exact) mass is 444 g/mol. The maximum Gasteiger partial charge on any atom is 0.173 e. The predicted molar refractivity (Wildman–Crippen MR) is 146 cm³/mol. The largest absolute Gasteiger partial charge is 0.358 e. The van der Waals surface area contributed by atoms with Crippen molar-refractivity contribution in [3.05, 3.63) is 136 Å². The number of benzene rings is 2. The number of hydrogen-bond donors (Lipinski definition) is 0. The lowest BCUT2D eigenvalue weighted by Gasteiger charge is -2.02. The standard InChI is InChI=1S/C24H22N2.2C2H6.CH4.2CH3/c1-3-7-21(8-4-1)19-25-15-11-23(12-16-25)24-13-17-26(18-14-24)20-22-9-5-2-6-10-22;2*1-2;;;/h1-18H,19-20H2;2*1-2H3;1H4;2*1H3/q+2;;;;2*-1. The summed E-state index contributed by atoms with van der Waals surface area (Å²) in [5, 5.41) is 0. The normalized spacial score (nSPS) is 8.73. The summed E-state index contributed by atoms with van der Waals surface area (Å²) in [6.07, 6.45) is 8.58. The Hall–Kier alpha value is -3.26. The van der Waals surface area contributed by atoms with E-state index in [1.54, 1.807) is 0 Å². The molecule has 4 aromatic rings. The van der Waals surface area contributed by atoms with Crippen molar-refractivity contribution in [1.82, 2.24) is 0 Å². The highest BCUT2D eigenvalue weighted by molar-refractivity contribution is 5.60. The van der Waals surface area contributed by atoms with Gasteiger partial charge in [-0.3, -0.25) is 0 Å². The first-order valence-corrected chi connectivity index (χ1v) is 10.9. The van der Waals surface area contributed by atoms with Crippen molar-refractivity contribution in [1.29, 1.82) is 0 Å². The zero-order valence-electron chi connectivity index (χ0n) is 20.7. The Morgan fingerprint density at radius 2 is 0.727 bits per heavy atom. The number of hydrogen-bond acceptors (Lipinski definition) is 0. The molecule has 178 valence electrons. The SMILES string of the molecule is C.CC.CC.[CH3-].[CH3-].c1ccc(C[n+]2ccc(-c3cc[n+](Cc4ccccc4)cc3)cc2)cc1. The van der Waals surface area contributed by atoms with E-state index in [-0.39, 0.29) is 22.3 Å². The van der Waals surface area contributed by atoms with Crippen LogP contribution in [0.4, 0.5) is 0 Å². The summed E-state index contributed by atoms with van der Waals surface area (Å²) in [6.45, 7) is 9.79. The van der Waals surface area contributed by atoms with Gasteiger partial charge in [0, 0.05) is 35.4 Å². The molecule has 2 aromatic heterocycles. The first-order chi connectivity index (χ1) is 14.9. The van der Waals surface area contributed by atoms with E-state index in [1.807, 2.05) is 27.7 Å². The fourth-order valence-corrected chi connectivity index (χ4v) is 3.10. The molecule has 0 aliphatic carbocycles. The van der Waals surface area contributed by atoms with Crippen molar-refractivity contribution < 1.29 is 9.13 Å². The van der Waals surface area contributed by atoms with Gasteiger partial charge in [0.2, 0.25) is 0 Å². The van der Waals surface area contributed by atoms with Crippen LogP contribution in [-0.2, 0) is 13.1 Å². The second-order valence-electron chi connectivity index (χ2n) is 6.49. The molecule has 0 fully saturated rings. The van der Waals surface area contributed by atoms with Gasteiger partial charge in [-0.05, 0) is 11.1 Å². The molecule has 33 heavy (non-hydrogen) atoms. The molecule has 2 heterocycles. The topological polar surface area (TPSA) is 7.76 Å². The molecule has 0 saturated heterocycles. The molecule has 0 bridgehead atoms. The summed E-state index contributed by atoms with van der Waals surface area (Å²) in [5.74, 6) is 0. The zero-order valence-corrected chi connectivity index (χ0v) is 20.7. The van der Waals surface area contributed by atoms with Crippen LogP contribution in [-0.4, -0.2) is 0 Å². The third-order valence-corrected chi connectivity index (χ3v) is 4.53. The number of pyridine rings is 2. The molecule has 4 rings (SSSR count). The Kier molecular flexibility index (Phi) is 17.7. The van der Waals surface area contributed by atoms with Crippen LogP contribution in [0.5, 0.6) is 0 Å². The molecule has 0 atom stereocenters. The zero-order chi connectivity index (χ0) is 21.6. The summed E-state index contributed by atoms with van der Waals surface area (Å²) >= 11 is 0. The molecule has 0 unspecified atom stereocenters. The van der Waals surface area contributed by atoms with Gasteiger partial charge < -0.3 is 14.9 Å². The van der Waals surface area contributed by atoms with Crippen molar-refractivity contribution in [2.45, 2.75) is 48.2 Å². The van der Waals surface area contributed by atoms with Crippen LogP contribution < -0.4 is 9.13 Å². The predicted octanol–water partition coefficient (Wildman–Crippen LogP) is 7.61. The van der Waals surface area contributed by atoms with Gasteiger partial charge in [-0.25, -0.2) is 9.13 Å². The summed E-state index contributed by atoms with van der Waals surface area (Å²) < 4.78 is 4.41. The van der Waals surface area contributed by atoms with E-state index < -0.39 is 0 Å². The highest BCUT2D eigenvalue weighted by atomic mass is 14.9. The van der Waals surface area contributed by atoms with E-state index in [2.05, 4.69) is 119 Å². The van der Waals surface area contributed by atoms with Crippen molar-refractivity contribution in [2.24, 2.45) is 0 Å². The number of rotatable bonds is 5. The molecule has 2 heteroatoms. The number of aromatic nitrogens is 2. The lowest BCUT2D eigenvalue weighted by atomic mass is 10.1. The second-order valence-corrected chi connectivity index (χ2v) is 6.49. The Morgan fingerprint density at radius 3 is 1.00 bits per heavy atom. The second kappa shape index (κ2) is 18.3. The molecule has 0 N–H and O–H groups in total. The summed E-state index contributed by atoms with van der Waals surface area (Å²) in [4.78, 5) is 0. The highest BCUT2D eigenvalue weighted by Crippen LogP contribution is 2.15. The summed E-state index contributed by atoms with van der Waals surface area (Å²) in [5.41, 5.74) is 5.10. The van der Waals surface area contributed by atoms with Gasteiger partial charge in [-0.1, -0.05) is 95.8 Å². The van der Waals surface area contributed by atoms with E-state index in [0.29, 0.717) is 0 Å². The van der Waals surface area contributed by atoms with E-state index >= 15 is 0 Å². The highest BCUT2D eigenvalue weighted by Gasteiger charge is 2.07. The Labute approximate surface area is 204 Å². The molecule has 0 amide bonds. The van der Waals surface area contributed by atoms with E-state index in [4.69, 9.17) is 0 Å². The van der Waals surface area contributed by atoms with Gasteiger partial charge in [0.05, 0.1) is 0 Å². The average Bonchev–Trinajstić information content (AvgIpc) is 2.84. The first kappa shape index (κ1) is 31.9. The lowest BCUT2D eigenvalue weighted by molar-refractivity contribution is -0.688. The third-order valence-electron chi connectivity index (χ3n) is 4.53. The Balaban J connectivity index is 0. The fraction of sp³-hybridized carbons (Fsp3) is 0.226. The minimum absolute atomic E-state index is 0. The maximum absolute atomic E-state index is 2.21. The van der Waals surface area contributed by atoms with Gasteiger partial charge in [0.15, 0.2) is 37.9 Å². The van der Waals surface area contributed by atoms with Crippen LogP contribution in [0.25, 0.3) is 11.1 Å². The van der Waals surface area contributed by atoms with Crippen molar-refractivity contribution in [3.8, 4) is 11.1 Å². The molecule has 0 spiro atoms. The van der Waals surface area contributed by atoms with E-state index in [0.717, 1.165) is 13.1 Å². The molecular formula is C31H44N2. The van der Waals surface area contributed by atoms with Crippen LogP contribution in [0.3, 0.4) is 0 Å². The van der Waals surface area contributed by atoms with Crippen molar-refractivity contribution >= 4 is 0 Å². The van der Waals surface area contributed by atoms with Crippen LogP contribution in [0.1, 0.15) is 46.2 Å².